The molecular weight excluding hydrogens is 348 g/mol. The van der Waals surface area contributed by atoms with Gasteiger partial charge in [0.2, 0.25) is 10.0 Å². The maximum absolute atomic E-state index is 11.5. The molecule has 3 rings (SSSR count). The molecule has 0 spiro atoms. The number of likely N-dealkylation sites (tertiary alicyclic amines) is 1. The molecule has 0 amide bonds. The van der Waals surface area contributed by atoms with E-state index < -0.39 is 25.5 Å². The van der Waals surface area contributed by atoms with Crippen molar-refractivity contribution in [3.63, 3.8) is 0 Å². The number of nitrogens with zero attached hydrogens (tertiary/aromatic N) is 2. The predicted octanol–water partition coefficient (Wildman–Crippen LogP) is 1.25. The lowest BCUT2D eigenvalue weighted by atomic mass is 10.1. The Morgan fingerprint density at radius 2 is 2.00 bits per heavy atom. The topological polar surface area (TPSA) is 128 Å². The van der Waals surface area contributed by atoms with E-state index in [-0.39, 0.29) is 6.17 Å². The monoisotopic (exact) mass is 370 g/mol. The fraction of sp³-hybridized carbons (Fsp3) is 0.600. The standard InChI is InChI=1S/C15H22N4O5S/c16-25(22,23)14-4-3-11(10-13(14)19(20)21)17-15-2-1-7-18(15)12-5-8-24-9-6-12/h3-4,10,12,15,17H,1-2,5-9H2,(H2,16,22,23)/t15-/m0/s1. The Balaban J connectivity index is 1.80. The molecule has 0 bridgehead atoms. The van der Waals surface area contributed by atoms with Crippen molar-refractivity contribution in [2.75, 3.05) is 25.1 Å². The molecule has 138 valence electrons. The summed E-state index contributed by atoms with van der Waals surface area (Å²) in [5, 5.41) is 19.6. The largest absolute Gasteiger partial charge is 0.381 e. The number of nitrogens with one attached hydrogen (secondary N) is 1. The van der Waals surface area contributed by atoms with E-state index in [9.17, 15) is 18.5 Å². The fourth-order valence-corrected chi connectivity index (χ4v) is 4.26. The van der Waals surface area contributed by atoms with Crippen LogP contribution in [-0.4, -0.2) is 50.2 Å². The zero-order chi connectivity index (χ0) is 18.0. The van der Waals surface area contributed by atoms with Crippen LogP contribution in [0.4, 0.5) is 11.4 Å². The highest BCUT2D eigenvalue weighted by atomic mass is 32.2. The van der Waals surface area contributed by atoms with E-state index in [0.29, 0.717) is 11.7 Å². The minimum absolute atomic E-state index is 0.0723. The van der Waals surface area contributed by atoms with Crippen molar-refractivity contribution in [2.45, 2.75) is 42.8 Å². The summed E-state index contributed by atoms with van der Waals surface area (Å²) in [4.78, 5) is 12.4. The molecular formula is C15H22N4O5S. The highest BCUT2D eigenvalue weighted by molar-refractivity contribution is 7.89. The molecule has 2 fully saturated rings. The molecule has 9 nitrogen and oxygen atoms in total. The van der Waals surface area contributed by atoms with Gasteiger partial charge in [0.25, 0.3) is 5.69 Å². The number of primary sulfonamides is 1. The van der Waals surface area contributed by atoms with Gasteiger partial charge >= 0.3 is 0 Å². The van der Waals surface area contributed by atoms with Gasteiger partial charge in [-0.2, -0.15) is 0 Å². The van der Waals surface area contributed by atoms with Crippen LogP contribution in [0.15, 0.2) is 23.1 Å². The predicted molar refractivity (Wildman–Crippen MR) is 91.7 cm³/mol. The summed E-state index contributed by atoms with van der Waals surface area (Å²) in [5.41, 5.74) is 0.00572. The van der Waals surface area contributed by atoms with Crippen LogP contribution in [-0.2, 0) is 14.8 Å². The SMILES string of the molecule is NS(=O)(=O)c1ccc(N[C@@H]2CCCN2C2CCOCC2)cc1[N+](=O)[O-]. The number of rotatable bonds is 5. The zero-order valence-electron chi connectivity index (χ0n) is 13.8. The number of hydrogen-bond acceptors (Lipinski definition) is 7. The lowest BCUT2D eigenvalue weighted by Crippen LogP contribution is -2.45. The van der Waals surface area contributed by atoms with Crippen molar-refractivity contribution in [1.29, 1.82) is 0 Å². The van der Waals surface area contributed by atoms with Crippen molar-refractivity contribution in [3.05, 3.63) is 28.3 Å². The minimum Gasteiger partial charge on any atom is -0.381 e. The van der Waals surface area contributed by atoms with Crippen LogP contribution in [0.2, 0.25) is 0 Å². The maximum Gasteiger partial charge on any atom is 0.291 e. The van der Waals surface area contributed by atoms with Gasteiger partial charge in [0.05, 0.1) is 11.1 Å². The maximum atomic E-state index is 11.5. The molecule has 0 aromatic heterocycles. The van der Waals surface area contributed by atoms with Gasteiger partial charge in [-0.1, -0.05) is 0 Å². The Morgan fingerprint density at radius 1 is 1.28 bits per heavy atom. The van der Waals surface area contributed by atoms with Crippen LogP contribution in [0, 0.1) is 10.1 Å². The highest BCUT2D eigenvalue weighted by Crippen LogP contribution is 2.30. The molecule has 3 N–H and O–H groups in total. The number of ether oxygens (including phenoxy) is 1. The number of nitrogens with two attached hydrogens (primary N) is 1. The third-order valence-corrected chi connectivity index (χ3v) is 5.71. The second kappa shape index (κ2) is 7.24. The molecule has 25 heavy (non-hydrogen) atoms. The van der Waals surface area contributed by atoms with Crippen LogP contribution in [0.3, 0.4) is 0 Å². The number of hydrogen-bond donors (Lipinski definition) is 2. The van der Waals surface area contributed by atoms with Crippen molar-refractivity contribution >= 4 is 21.4 Å². The van der Waals surface area contributed by atoms with E-state index in [1.54, 1.807) is 0 Å². The average molecular weight is 370 g/mol. The molecule has 1 aromatic carbocycles. The molecule has 10 heteroatoms. The number of sulfonamides is 1. The Kier molecular flexibility index (Phi) is 5.23. The van der Waals surface area contributed by atoms with Crippen LogP contribution in [0.5, 0.6) is 0 Å². The molecule has 2 aliphatic rings. The molecule has 1 aromatic rings. The van der Waals surface area contributed by atoms with Crippen LogP contribution in [0.1, 0.15) is 25.7 Å². The zero-order valence-corrected chi connectivity index (χ0v) is 14.6. The summed E-state index contributed by atoms with van der Waals surface area (Å²) < 4.78 is 28.4. The van der Waals surface area contributed by atoms with Crippen molar-refractivity contribution in [1.82, 2.24) is 4.90 Å². The summed E-state index contributed by atoms with van der Waals surface area (Å²) in [5.74, 6) is 0. The summed E-state index contributed by atoms with van der Waals surface area (Å²) >= 11 is 0. The summed E-state index contributed by atoms with van der Waals surface area (Å²) in [6, 6.07) is 4.38. The van der Waals surface area contributed by atoms with E-state index in [2.05, 4.69) is 10.2 Å². The lowest BCUT2D eigenvalue weighted by molar-refractivity contribution is -0.387. The van der Waals surface area contributed by atoms with E-state index in [1.807, 2.05) is 0 Å². The number of benzene rings is 1. The van der Waals surface area contributed by atoms with Gasteiger partial charge in [0.1, 0.15) is 0 Å². The van der Waals surface area contributed by atoms with E-state index in [0.717, 1.165) is 45.4 Å². The van der Waals surface area contributed by atoms with Crippen LogP contribution >= 0.6 is 0 Å². The van der Waals surface area contributed by atoms with Crippen LogP contribution < -0.4 is 10.5 Å². The third kappa shape index (κ3) is 4.09. The quantitative estimate of drug-likeness (QED) is 0.590. The van der Waals surface area contributed by atoms with Gasteiger partial charge in [0, 0.05) is 37.6 Å². The Morgan fingerprint density at radius 3 is 2.64 bits per heavy atom. The van der Waals surface area contributed by atoms with Crippen molar-refractivity contribution < 1.29 is 18.1 Å². The normalized spacial score (nSPS) is 22.8. The Bertz CT molecular complexity index is 748. The summed E-state index contributed by atoms with van der Waals surface area (Å²) in [7, 11) is -4.14. The number of nitro benzene ring substituents is 1. The van der Waals surface area contributed by atoms with Gasteiger partial charge in [0.15, 0.2) is 4.90 Å². The first-order valence-corrected chi connectivity index (χ1v) is 9.82. The first kappa shape index (κ1) is 18.1. The average Bonchev–Trinajstić information content (AvgIpc) is 3.02. The van der Waals surface area contributed by atoms with E-state index in [1.165, 1.54) is 18.2 Å². The Labute approximate surface area is 146 Å². The molecule has 0 radical (unpaired) electrons. The molecule has 0 unspecified atom stereocenters. The second-order valence-electron chi connectivity index (χ2n) is 6.37. The first-order valence-electron chi connectivity index (χ1n) is 8.27. The summed E-state index contributed by atoms with van der Waals surface area (Å²) in [6.45, 7) is 2.48. The number of nitro groups is 1. The first-order chi connectivity index (χ1) is 11.9. The second-order valence-corrected chi connectivity index (χ2v) is 7.90. The van der Waals surface area contributed by atoms with Gasteiger partial charge < -0.3 is 10.1 Å². The molecule has 2 aliphatic heterocycles. The van der Waals surface area contributed by atoms with Gasteiger partial charge in [-0.3, -0.25) is 15.0 Å². The molecule has 0 saturated carbocycles. The summed E-state index contributed by atoms with van der Waals surface area (Å²) in [6.07, 6.45) is 4.00. The van der Waals surface area contributed by atoms with Crippen molar-refractivity contribution in [3.8, 4) is 0 Å². The lowest BCUT2D eigenvalue weighted by Gasteiger charge is -2.36. The van der Waals surface area contributed by atoms with E-state index in [4.69, 9.17) is 9.88 Å². The fourth-order valence-electron chi connectivity index (χ4n) is 3.58. The van der Waals surface area contributed by atoms with Crippen LogP contribution in [0.25, 0.3) is 0 Å². The smallest absolute Gasteiger partial charge is 0.291 e. The Hall–Kier alpha value is -1.75. The third-order valence-electron chi connectivity index (χ3n) is 4.75. The van der Waals surface area contributed by atoms with Gasteiger partial charge in [-0.15, -0.1) is 0 Å². The van der Waals surface area contributed by atoms with Gasteiger partial charge in [-0.25, -0.2) is 13.6 Å². The molecule has 2 saturated heterocycles. The minimum atomic E-state index is -4.14. The molecule has 1 atom stereocenters. The molecule has 2 heterocycles. The van der Waals surface area contributed by atoms with Gasteiger partial charge in [-0.05, 0) is 37.8 Å². The molecule has 0 aliphatic carbocycles. The van der Waals surface area contributed by atoms with Crippen molar-refractivity contribution in [2.24, 2.45) is 5.14 Å². The van der Waals surface area contributed by atoms with E-state index >= 15 is 0 Å². The highest BCUT2D eigenvalue weighted by Gasteiger charge is 2.32. The number of anilines is 1.